The number of pyridine rings is 1. The monoisotopic (exact) mass is 256 g/mol. The number of ether oxygens (including phenoxy) is 3. The Bertz CT molecular complexity index is 609. The van der Waals surface area contributed by atoms with Crippen LogP contribution in [0, 0.1) is 0 Å². The number of aliphatic imine (C=N–C) groups is 1. The van der Waals surface area contributed by atoms with Crippen molar-refractivity contribution in [3.8, 4) is 17.4 Å². The van der Waals surface area contributed by atoms with Crippen molar-refractivity contribution in [1.82, 2.24) is 4.98 Å². The first-order valence-corrected chi connectivity index (χ1v) is 5.79. The van der Waals surface area contributed by atoms with E-state index >= 15 is 0 Å². The Kier molecular flexibility index (Phi) is 3.02. The molecule has 0 saturated carbocycles. The highest BCUT2D eigenvalue weighted by molar-refractivity contribution is 5.83. The third-order valence-electron chi connectivity index (χ3n) is 2.69. The van der Waals surface area contributed by atoms with Gasteiger partial charge in [-0.2, -0.15) is 0 Å². The first-order valence-electron chi connectivity index (χ1n) is 5.79. The minimum Gasteiger partial charge on any atom is -0.481 e. The molecule has 1 aliphatic rings. The first-order chi connectivity index (χ1) is 9.35. The van der Waals surface area contributed by atoms with E-state index in [1.807, 2.05) is 24.3 Å². The van der Waals surface area contributed by atoms with Crippen LogP contribution in [0.25, 0.3) is 0 Å². The van der Waals surface area contributed by atoms with Crippen molar-refractivity contribution in [2.75, 3.05) is 13.9 Å². The number of rotatable bonds is 3. The van der Waals surface area contributed by atoms with Gasteiger partial charge in [-0.1, -0.05) is 0 Å². The van der Waals surface area contributed by atoms with Crippen LogP contribution >= 0.6 is 0 Å². The molecule has 0 saturated heterocycles. The molecule has 3 rings (SSSR count). The van der Waals surface area contributed by atoms with E-state index in [0.717, 1.165) is 22.7 Å². The van der Waals surface area contributed by atoms with E-state index in [4.69, 9.17) is 14.2 Å². The van der Waals surface area contributed by atoms with Crippen molar-refractivity contribution >= 4 is 11.9 Å². The Balaban J connectivity index is 1.78. The molecule has 19 heavy (non-hydrogen) atoms. The highest BCUT2D eigenvalue weighted by Crippen LogP contribution is 2.32. The van der Waals surface area contributed by atoms with Crippen LogP contribution in [0.2, 0.25) is 0 Å². The fraction of sp³-hybridized carbons (Fsp3) is 0.143. The van der Waals surface area contributed by atoms with Gasteiger partial charge >= 0.3 is 0 Å². The zero-order valence-electron chi connectivity index (χ0n) is 10.4. The zero-order valence-corrected chi connectivity index (χ0v) is 10.4. The van der Waals surface area contributed by atoms with Crippen LogP contribution in [0.4, 0.5) is 5.69 Å². The maximum absolute atomic E-state index is 5.31. The van der Waals surface area contributed by atoms with Crippen molar-refractivity contribution in [2.45, 2.75) is 0 Å². The fourth-order valence-corrected chi connectivity index (χ4v) is 1.71. The molecule has 96 valence electrons. The largest absolute Gasteiger partial charge is 0.481 e. The second-order valence-corrected chi connectivity index (χ2v) is 3.93. The highest BCUT2D eigenvalue weighted by Gasteiger charge is 2.12. The van der Waals surface area contributed by atoms with Crippen molar-refractivity contribution in [2.24, 2.45) is 4.99 Å². The smallest absolute Gasteiger partial charge is 0.231 e. The molecule has 0 fully saturated rings. The molecule has 0 N–H and O–H groups in total. The molecule has 0 atom stereocenters. The molecule has 0 amide bonds. The predicted molar refractivity (Wildman–Crippen MR) is 70.6 cm³/mol. The van der Waals surface area contributed by atoms with Gasteiger partial charge in [-0.25, -0.2) is 4.98 Å². The Morgan fingerprint density at radius 1 is 1.21 bits per heavy atom. The molecule has 0 unspecified atom stereocenters. The van der Waals surface area contributed by atoms with Gasteiger partial charge < -0.3 is 14.2 Å². The second-order valence-electron chi connectivity index (χ2n) is 3.93. The standard InChI is InChI=1S/C14H12N2O3/c1-17-14-5-3-11(8-16-14)15-7-10-2-4-12-13(6-10)19-9-18-12/h2-8H,9H2,1H3. The average Bonchev–Trinajstić information content (AvgIpc) is 2.93. The second kappa shape index (κ2) is 4.97. The van der Waals surface area contributed by atoms with Gasteiger partial charge in [-0.15, -0.1) is 0 Å². The minimum atomic E-state index is 0.276. The number of fused-ring (bicyclic) bond motifs is 1. The van der Waals surface area contributed by atoms with Crippen molar-refractivity contribution in [3.05, 3.63) is 42.1 Å². The van der Waals surface area contributed by atoms with Gasteiger partial charge in [0, 0.05) is 12.3 Å². The molecule has 2 aromatic rings. The van der Waals surface area contributed by atoms with Crippen LogP contribution in [0.5, 0.6) is 17.4 Å². The molecule has 1 aromatic carbocycles. The van der Waals surface area contributed by atoms with Crippen LogP contribution in [0.15, 0.2) is 41.5 Å². The van der Waals surface area contributed by atoms with E-state index in [9.17, 15) is 0 Å². The maximum Gasteiger partial charge on any atom is 0.231 e. The number of nitrogens with zero attached hydrogens (tertiary/aromatic N) is 2. The van der Waals surface area contributed by atoms with Crippen molar-refractivity contribution < 1.29 is 14.2 Å². The number of aromatic nitrogens is 1. The summed E-state index contributed by atoms with van der Waals surface area (Å²) in [6, 6.07) is 9.30. The van der Waals surface area contributed by atoms with E-state index in [0.29, 0.717) is 5.88 Å². The molecule has 2 heterocycles. The summed E-state index contributed by atoms with van der Waals surface area (Å²) in [5, 5.41) is 0. The van der Waals surface area contributed by atoms with Gasteiger partial charge in [0.1, 0.15) is 0 Å². The molecule has 1 aromatic heterocycles. The highest BCUT2D eigenvalue weighted by atomic mass is 16.7. The fourth-order valence-electron chi connectivity index (χ4n) is 1.71. The third kappa shape index (κ3) is 2.49. The van der Waals surface area contributed by atoms with Gasteiger partial charge in [0.25, 0.3) is 0 Å². The summed E-state index contributed by atoms with van der Waals surface area (Å²) < 4.78 is 15.5. The summed E-state index contributed by atoms with van der Waals surface area (Å²) in [6.07, 6.45) is 3.41. The predicted octanol–water partition coefficient (Wildman–Crippen LogP) is 2.57. The number of hydrogen-bond acceptors (Lipinski definition) is 5. The van der Waals surface area contributed by atoms with Crippen LogP contribution in [-0.4, -0.2) is 25.1 Å². The Hall–Kier alpha value is -2.56. The Morgan fingerprint density at radius 2 is 2.11 bits per heavy atom. The molecule has 5 nitrogen and oxygen atoms in total. The lowest BCUT2D eigenvalue weighted by molar-refractivity contribution is 0.174. The molecular formula is C14H12N2O3. The normalized spacial score (nSPS) is 12.9. The molecule has 5 heteroatoms. The van der Waals surface area contributed by atoms with Crippen molar-refractivity contribution in [1.29, 1.82) is 0 Å². The van der Waals surface area contributed by atoms with Gasteiger partial charge in [-0.3, -0.25) is 4.99 Å². The summed E-state index contributed by atoms with van der Waals surface area (Å²) >= 11 is 0. The lowest BCUT2D eigenvalue weighted by Crippen LogP contribution is -1.92. The minimum absolute atomic E-state index is 0.276. The molecule has 0 spiro atoms. The lowest BCUT2D eigenvalue weighted by atomic mass is 10.2. The van der Waals surface area contributed by atoms with E-state index in [-0.39, 0.29) is 6.79 Å². The number of hydrogen-bond donors (Lipinski definition) is 0. The molecule has 0 bridgehead atoms. The average molecular weight is 256 g/mol. The van der Waals surface area contributed by atoms with Crippen molar-refractivity contribution in [3.63, 3.8) is 0 Å². The third-order valence-corrected chi connectivity index (χ3v) is 2.69. The summed E-state index contributed by atoms with van der Waals surface area (Å²) in [4.78, 5) is 8.42. The van der Waals surface area contributed by atoms with Crippen LogP contribution in [0.1, 0.15) is 5.56 Å². The number of methoxy groups -OCH3 is 1. The SMILES string of the molecule is COc1ccc(N=Cc2ccc3c(c2)OCO3)cn1. The van der Waals surface area contributed by atoms with Gasteiger partial charge in [-0.05, 0) is 29.8 Å². The molecule has 1 aliphatic heterocycles. The van der Waals surface area contributed by atoms with Crippen LogP contribution in [-0.2, 0) is 0 Å². The molecule has 0 radical (unpaired) electrons. The number of benzene rings is 1. The van der Waals surface area contributed by atoms with Gasteiger partial charge in [0.05, 0.1) is 19.0 Å². The summed E-state index contributed by atoms with van der Waals surface area (Å²) in [5.74, 6) is 2.09. The van der Waals surface area contributed by atoms with Gasteiger partial charge in [0.15, 0.2) is 11.5 Å². The van der Waals surface area contributed by atoms with Crippen LogP contribution in [0.3, 0.4) is 0 Å². The van der Waals surface area contributed by atoms with E-state index < -0.39 is 0 Å². The van der Waals surface area contributed by atoms with Crippen LogP contribution < -0.4 is 14.2 Å². The van der Waals surface area contributed by atoms with E-state index in [2.05, 4.69) is 9.98 Å². The molecule has 0 aliphatic carbocycles. The lowest BCUT2D eigenvalue weighted by Gasteiger charge is -1.99. The van der Waals surface area contributed by atoms with Gasteiger partial charge in [0.2, 0.25) is 12.7 Å². The Labute approximate surface area is 110 Å². The first kappa shape index (κ1) is 11.5. The quantitative estimate of drug-likeness (QED) is 0.792. The summed E-state index contributed by atoms with van der Waals surface area (Å²) in [6.45, 7) is 0.276. The summed E-state index contributed by atoms with van der Waals surface area (Å²) in [5.41, 5.74) is 1.71. The summed E-state index contributed by atoms with van der Waals surface area (Å²) in [7, 11) is 1.58. The van der Waals surface area contributed by atoms with E-state index in [1.54, 1.807) is 25.6 Å². The Morgan fingerprint density at radius 3 is 2.89 bits per heavy atom. The zero-order chi connectivity index (χ0) is 13.1. The maximum atomic E-state index is 5.31. The molecular weight excluding hydrogens is 244 g/mol. The topological polar surface area (TPSA) is 52.9 Å². The van der Waals surface area contributed by atoms with E-state index in [1.165, 1.54) is 0 Å².